The summed E-state index contributed by atoms with van der Waals surface area (Å²) < 4.78 is 5.43. The lowest BCUT2D eigenvalue weighted by Crippen LogP contribution is -2.37. The van der Waals surface area contributed by atoms with Gasteiger partial charge in [0.2, 0.25) is 0 Å². The number of rotatable bonds is 6. The Morgan fingerprint density at radius 2 is 2.09 bits per heavy atom. The van der Waals surface area contributed by atoms with Gasteiger partial charge in [-0.3, -0.25) is 9.98 Å². The van der Waals surface area contributed by atoms with Crippen molar-refractivity contribution in [2.24, 2.45) is 16.5 Å². The number of halogens is 1. The van der Waals surface area contributed by atoms with E-state index in [9.17, 15) is 4.79 Å². The number of guanidine groups is 1. The van der Waals surface area contributed by atoms with E-state index in [-0.39, 0.29) is 36.0 Å². The van der Waals surface area contributed by atoms with Crippen molar-refractivity contribution >= 4 is 36.0 Å². The fraction of sp³-hybridized carbons (Fsp3) is 0.533. The lowest BCUT2D eigenvalue weighted by Gasteiger charge is -2.27. The van der Waals surface area contributed by atoms with E-state index in [1.807, 2.05) is 32.9 Å². The summed E-state index contributed by atoms with van der Waals surface area (Å²) in [4.78, 5) is 21.9. The third-order valence-corrected chi connectivity index (χ3v) is 2.63. The van der Waals surface area contributed by atoms with Gasteiger partial charge < -0.3 is 21.1 Å². The normalized spacial score (nSPS) is 10.4. The molecule has 1 amide bonds. The van der Waals surface area contributed by atoms with Crippen molar-refractivity contribution in [1.29, 1.82) is 0 Å². The minimum absolute atomic E-state index is 0. The van der Waals surface area contributed by atoms with Gasteiger partial charge in [0.1, 0.15) is 5.60 Å². The molecule has 0 atom stereocenters. The fourth-order valence-electron chi connectivity index (χ4n) is 1.74. The zero-order valence-corrected chi connectivity index (χ0v) is 16.2. The first-order chi connectivity index (χ1) is 10.3. The summed E-state index contributed by atoms with van der Waals surface area (Å²) in [7, 11) is 0. The van der Waals surface area contributed by atoms with E-state index in [1.165, 1.54) is 0 Å². The summed E-state index contributed by atoms with van der Waals surface area (Å²) in [5.74, 6) is 0.0519. The van der Waals surface area contributed by atoms with E-state index in [1.54, 1.807) is 17.3 Å². The van der Waals surface area contributed by atoms with Gasteiger partial charge in [-0.1, -0.05) is 6.07 Å². The van der Waals surface area contributed by atoms with Gasteiger partial charge in [0.05, 0.1) is 6.54 Å². The Morgan fingerprint density at radius 1 is 1.39 bits per heavy atom. The zero-order chi connectivity index (χ0) is 16.6. The lowest BCUT2D eigenvalue weighted by molar-refractivity contribution is 0.0232. The number of nitrogens with two attached hydrogens (primary N) is 2. The van der Waals surface area contributed by atoms with E-state index >= 15 is 0 Å². The fourth-order valence-corrected chi connectivity index (χ4v) is 1.74. The van der Waals surface area contributed by atoms with Gasteiger partial charge in [-0.15, -0.1) is 24.0 Å². The zero-order valence-electron chi connectivity index (χ0n) is 13.9. The van der Waals surface area contributed by atoms with Crippen LogP contribution in [0, 0.1) is 0 Å². The van der Waals surface area contributed by atoms with E-state index in [2.05, 4.69) is 9.98 Å². The molecule has 1 aromatic rings. The van der Waals surface area contributed by atoms with Crippen LogP contribution < -0.4 is 11.5 Å². The van der Waals surface area contributed by atoms with Gasteiger partial charge in [0.25, 0.3) is 0 Å². The molecule has 4 N–H and O–H groups in total. The van der Waals surface area contributed by atoms with Gasteiger partial charge in [-0.25, -0.2) is 4.79 Å². The average molecular weight is 435 g/mol. The number of carbonyl (C=O) groups is 1. The Labute approximate surface area is 154 Å². The Kier molecular flexibility index (Phi) is 9.54. The molecule has 0 aliphatic carbocycles. The summed E-state index contributed by atoms with van der Waals surface area (Å²) in [6.45, 7) is 6.92. The maximum Gasteiger partial charge on any atom is 0.410 e. The van der Waals surface area contributed by atoms with Gasteiger partial charge in [0, 0.05) is 25.5 Å². The molecule has 23 heavy (non-hydrogen) atoms. The average Bonchev–Trinajstić information content (AvgIpc) is 2.41. The smallest absolute Gasteiger partial charge is 0.410 e. The van der Waals surface area contributed by atoms with Crippen molar-refractivity contribution in [3.8, 4) is 0 Å². The minimum atomic E-state index is -0.538. The van der Waals surface area contributed by atoms with Crippen LogP contribution in [0.25, 0.3) is 0 Å². The highest BCUT2D eigenvalue weighted by Gasteiger charge is 2.22. The Morgan fingerprint density at radius 3 is 2.61 bits per heavy atom. The molecule has 0 bridgehead atoms. The number of pyridine rings is 1. The molecule has 0 aliphatic heterocycles. The van der Waals surface area contributed by atoms with Gasteiger partial charge in [-0.2, -0.15) is 0 Å². The number of aliphatic imine (C=N–C) groups is 1. The van der Waals surface area contributed by atoms with Crippen molar-refractivity contribution in [1.82, 2.24) is 9.88 Å². The molecule has 0 saturated heterocycles. The van der Waals surface area contributed by atoms with Crippen LogP contribution in [0.1, 0.15) is 32.8 Å². The molecule has 0 radical (unpaired) electrons. The van der Waals surface area contributed by atoms with Crippen LogP contribution in [-0.2, 0) is 11.3 Å². The molecule has 8 heteroatoms. The quantitative estimate of drug-likeness (QED) is 0.308. The second-order valence-electron chi connectivity index (χ2n) is 5.92. The molecule has 0 spiro atoms. The molecule has 1 aromatic heterocycles. The first-order valence-electron chi connectivity index (χ1n) is 7.20. The number of carbonyl (C=O) groups excluding carboxylic acids is 1. The Bertz CT molecular complexity index is 498. The summed E-state index contributed by atoms with van der Waals surface area (Å²) in [6.07, 6.45) is 3.71. The van der Waals surface area contributed by atoms with E-state index in [4.69, 9.17) is 16.2 Å². The van der Waals surface area contributed by atoms with E-state index in [0.717, 1.165) is 5.56 Å². The summed E-state index contributed by atoms with van der Waals surface area (Å²) in [5, 5.41) is 0. The van der Waals surface area contributed by atoms with Gasteiger partial charge in [0.15, 0.2) is 5.96 Å². The van der Waals surface area contributed by atoms with Crippen LogP contribution in [-0.4, -0.2) is 40.6 Å². The highest BCUT2D eigenvalue weighted by molar-refractivity contribution is 14.0. The Balaban J connectivity index is 0.00000484. The summed E-state index contributed by atoms with van der Waals surface area (Å²) >= 11 is 0. The third-order valence-electron chi connectivity index (χ3n) is 2.63. The second kappa shape index (κ2) is 10.2. The first kappa shape index (κ1) is 21.4. The summed E-state index contributed by atoms with van der Waals surface area (Å²) in [5.41, 5.74) is 11.0. The highest BCUT2D eigenvalue weighted by Crippen LogP contribution is 2.12. The van der Waals surface area contributed by atoms with Crippen LogP contribution in [0.2, 0.25) is 0 Å². The molecular weight excluding hydrogens is 409 g/mol. The number of hydrogen-bond donors (Lipinski definition) is 2. The SMILES string of the molecule is CC(C)(C)OC(=O)N(CCCN=C(N)N)Cc1cccnc1.I. The van der Waals surface area contributed by atoms with Gasteiger partial charge >= 0.3 is 6.09 Å². The molecule has 0 aromatic carbocycles. The van der Waals surface area contributed by atoms with Crippen LogP contribution in [0.5, 0.6) is 0 Å². The standard InChI is InChI=1S/C15H25N5O2.HI/c1-15(2,3)22-14(21)20(9-5-8-19-13(16)17)11-12-6-4-7-18-10-12;/h4,6-7,10H,5,8-9,11H2,1-3H3,(H4,16,17,19);1H. The van der Waals surface area contributed by atoms with Crippen LogP contribution >= 0.6 is 24.0 Å². The molecule has 0 aliphatic rings. The van der Waals surface area contributed by atoms with Crippen molar-refractivity contribution < 1.29 is 9.53 Å². The Hall–Kier alpha value is -1.58. The minimum Gasteiger partial charge on any atom is -0.444 e. The molecule has 1 rings (SSSR count). The maximum absolute atomic E-state index is 12.3. The highest BCUT2D eigenvalue weighted by atomic mass is 127. The second-order valence-corrected chi connectivity index (χ2v) is 5.92. The lowest BCUT2D eigenvalue weighted by atomic mass is 10.2. The number of nitrogens with zero attached hydrogens (tertiary/aromatic N) is 3. The van der Waals surface area contributed by atoms with Crippen LogP contribution in [0.3, 0.4) is 0 Å². The molecule has 1 heterocycles. The predicted molar refractivity (Wildman–Crippen MR) is 102 cm³/mol. The largest absolute Gasteiger partial charge is 0.444 e. The van der Waals surface area contributed by atoms with Gasteiger partial charge in [-0.05, 0) is 38.8 Å². The predicted octanol–water partition coefficient (Wildman–Crippen LogP) is 2.10. The topological polar surface area (TPSA) is 107 Å². The molecule has 0 fully saturated rings. The van der Waals surface area contributed by atoms with E-state index < -0.39 is 5.60 Å². The maximum atomic E-state index is 12.3. The van der Waals surface area contributed by atoms with Crippen LogP contribution in [0.4, 0.5) is 4.79 Å². The third kappa shape index (κ3) is 9.93. The monoisotopic (exact) mass is 435 g/mol. The number of aromatic nitrogens is 1. The van der Waals surface area contributed by atoms with Crippen molar-refractivity contribution in [3.05, 3.63) is 30.1 Å². The van der Waals surface area contributed by atoms with Crippen molar-refractivity contribution in [3.63, 3.8) is 0 Å². The van der Waals surface area contributed by atoms with Crippen molar-refractivity contribution in [2.75, 3.05) is 13.1 Å². The number of amides is 1. The molecular formula is C15H26IN5O2. The molecule has 7 nitrogen and oxygen atoms in total. The summed E-state index contributed by atoms with van der Waals surface area (Å²) in [6, 6.07) is 3.75. The first-order valence-corrected chi connectivity index (χ1v) is 7.20. The van der Waals surface area contributed by atoms with E-state index in [0.29, 0.717) is 26.1 Å². The number of hydrogen-bond acceptors (Lipinski definition) is 4. The molecule has 130 valence electrons. The molecule has 0 saturated carbocycles. The number of ether oxygens (including phenoxy) is 1. The van der Waals surface area contributed by atoms with Crippen molar-refractivity contribution in [2.45, 2.75) is 39.3 Å². The van der Waals surface area contributed by atoms with Crippen LogP contribution in [0.15, 0.2) is 29.5 Å². The molecule has 0 unspecified atom stereocenters.